The van der Waals surface area contributed by atoms with Gasteiger partial charge in [-0.3, -0.25) is 19.6 Å². The van der Waals surface area contributed by atoms with Crippen LogP contribution in [0.25, 0.3) is 0 Å². The van der Waals surface area contributed by atoms with Crippen LogP contribution in [0, 0.1) is 5.41 Å². The fraction of sp³-hybridized carbons (Fsp3) is 0.750. The fourth-order valence-electron chi connectivity index (χ4n) is 1.97. The van der Waals surface area contributed by atoms with Crippen LogP contribution in [0.1, 0.15) is 25.7 Å². The molecule has 0 aromatic carbocycles. The molecule has 1 fully saturated rings. The molecule has 0 aliphatic heterocycles. The van der Waals surface area contributed by atoms with Gasteiger partial charge in [0.25, 0.3) is 11.8 Å². The lowest BCUT2D eigenvalue weighted by atomic mass is 9.72. The van der Waals surface area contributed by atoms with Gasteiger partial charge in [-0.15, -0.1) is 16.2 Å². The van der Waals surface area contributed by atoms with E-state index >= 15 is 0 Å². The van der Waals surface area contributed by atoms with E-state index in [0.717, 1.165) is 6.42 Å². The lowest BCUT2D eigenvalue weighted by Gasteiger charge is -2.37. The quantitative estimate of drug-likeness (QED) is 0.268. The first-order chi connectivity index (χ1) is 7.46. The molecule has 2 N–H and O–H groups in total. The molecule has 0 bridgehead atoms. The van der Waals surface area contributed by atoms with E-state index in [1.807, 2.05) is 4.84 Å². The second-order valence-corrected chi connectivity index (χ2v) is 4.71. The van der Waals surface area contributed by atoms with Gasteiger partial charge in [-0.2, -0.15) is 0 Å². The lowest BCUT2D eigenvalue weighted by Crippen LogP contribution is -2.55. The second-order valence-electron chi connectivity index (χ2n) is 3.67. The van der Waals surface area contributed by atoms with Gasteiger partial charge in [0.15, 0.2) is 0 Å². The minimum atomic E-state index is -1.59. The van der Waals surface area contributed by atoms with Crippen LogP contribution < -0.4 is 4.84 Å². The predicted molar refractivity (Wildman–Crippen MR) is 59.0 cm³/mol. The molecule has 8 heteroatoms. The zero-order valence-electron chi connectivity index (χ0n) is 8.25. The molecule has 1 rings (SSSR count). The van der Waals surface area contributed by atoms with Crippen LogP contribution in [-0.4, -0.2) is 27.0 Å². The molecule has 2 atom stereocenters. The molecule has 0 heterocycles. The maximum Gasteiger partial charge on any atom is 0.278 e. The van der Waals surface area contributed by atoms with E-state index < -0.39 is 22.6 Å². The Morgan fingerprint density at radius 3 is 2.50 bits per heavy atom. The summed E-state index contributed by atoms with van der Waals surface area (Å²) in [6, 6.07) is 0. The summed E-state index contributed by atoms with van der Waals surface area (Å²) < 4.78 is -0.132. The molecule has 0 saturated heterocycles. The van der Waals surface area contributed by atoms with Crippen LogP contribution in [0.2, 0.25) is 0 Å². The number of carbonyl (C=O) groups excluding carboxylic acids is 2. The van der Waals surface area contributed by atoms with Crippen molar-refractivity contribution in [1.82, 2.24) is 9.42 Å². The van der Waals surface area contributed by atoms with Crippen LogP contribution in [0.3, 0.4) is 0 Å². The van der Waals surface area contributed by atoms with Gasteiger partial charge in [0, 0.05) is 23.6 Å². The maximum atomic E-state index is 11.8. The van der Waals surface area contributed by atoms with E-state index in [4.69, 9.17) is 40.4 Å². The molecule has 5 nitrogen and oxygen atoms in total. The Kier molecular flexibility index (Phi) is 4.67. The molecule has 1 aliphatic carbocycles. The zero-order chi connectivity index (χ0) is 12.3. The molecule has 1 saturated carbocycles. The molecule has 92 valence electrons. The predicted octanol–water partition coefficient (Wildman–Crippen LogP) is 1.80. The number of hydrogen-bond acceptors (Lipinski definition) is 3. The van der Waals surface area contributed by atoms with E-state index in [0.29, 0.717) is 12.8 Å². The third kappa shape index (κ3) is 2.22. The first-order valence-corrected chi connectivity index (χ1v) is 5.86. The van der Waals surface area contributed by atoms with Crippen LogP contribution in [0.4, 0.5) is 0 Å². The van der Waals surface area contributed by atoms with E-state index in [9.17, 15) is 9.59 Å². The first kappa shape index (κ1) is 13.8. The second kappa shape index (κ2) is 5.40. The Bertz CT molecular complexity index is 300. The lowest BCUT2D eigenvalue weighted by molar-refractivity contribution is -0.164. The van der Waals surface area contributed by atoms with Crippen molar-refractivity contribution >= 4 is 47.0 Å². The van der Waals surface area contributed by atoms with Gasteiger partial charge in [-0.25, -0.2) is 0 Å². The van der Waals surface area contributed by atoms with Crippen LogP contribution >= 0.6 is 35.2 Å². The van der Waals surface area contributed by atoms with Crippen molar-refractivity contribution < 1.29 is 14.8 Å². The van der Waals surface area contributed by atoms with E-state index in [2.05, 4.69) is 0 Å². The molecule has 2 amide bonds. The topological polar surface area (TPSA) is 69.6 Å². The van der Waals surface area contributed by atoms with Gasteiger partial charge in [0.1, 0.15) is 5.41 Å². The van der Waals surface area contributed by atoms with Gasteiger partial charge in [-0.1, -0.05) is 12.8 Å². The van der Waals surface area contributed by atoms with Crippen molar-refractivity contribution in [2.45, 2.75) is 31.1 Å². The third-order valence-electron chi connectivity index (χ3n) is 2.85. The summed E-state index contributed by atoms with van der Waals surface area (Å²) >= 11 is 16.4. The summed E-state index contributed by atoms with van der Waals surface area (Å²) in [5.74, 6) is -1.69. The monoisotopic (exact) mass is 288 g/mol. The van der Waals surface area contributed by atoms with E-state index in [1.165, 1.54) is 0 Å². The highest BCUT2D eigenvalue weighted by Gasteiger charge is 2.54. The summed E-state index contributed by atoms with van der Waals surface area (Å²) in [7, 11) is 0. The number of halogens is 3. The Labute approximate surface area is 108 Å². The summed E-state index contributed by atoms with van der Waals surface area (Å²) in [6.45, 7) is 0. The Hall–Kier alpha value is -0.230. The van der Waals surface area contributed by atoms with Gasteiger partial charge in [0.05, 0.1) is 5.38 Å². The molecule has 2 unspecified atom stereocenters. The van der Waals surface area contributed by atoms with Crippen LogP contribution in [0.5, 0.6) is 0 Å². The number of rotatable bonds is 2. The zero-order valence-corrected chi connectivity index (χ0v) is 10.5. The number of amides is 2. The summed E-state index contributed by atoms with van der Waals surface area (Å²) in [5.41, 5.74) is -1.59. The number of hydroxylamine groups is 1. The SMILES string of the molecule is O=C(NCl)C1(C(=O)N(O)Cl)CCCCC1Cl. The van der Waals surface area contributed by atoms with Gasteiger partial charge < -0.3 is 0 Å². The van der Waals surface area contributed by atoms with Crippen molar-refractivity contribution in [1.29, 1.82) is 0 Å². The number of nitrogens with zero attached hydrogens (tertiary/aromatic N) is 1. The summed E-state index contributed by atoms with van der Waals surface area (Å²) in [5, 5.41) is 8.23. The highest BCUT2D eigenvalue weighted by atomic mass is 35.5. The van der Waals surface area contributed by atoms with Crippen molar-refractivity contribution in [2.75, 3.05) is 0 Å². The average molecular weight is 290 g/mol. The van der Waals surface area contributed by atoms with Crippen molar-refractivity contribution in [2.24, 2.45) is 5.41 Å². The van der Waals surface area contributed by atoms with Crippen molar-refractivity contribution in [3.8, 4) is 0 Å². The number of alkyl halides is 1. The van der Waals surface area contributed by atoms with Gasteiger partial charge in [-0.05, 0) is 12.8 Å². The maximum absolute atomic E-state index is 11.8. The molecule has 0 radical (unpaired) electrons. The fourth-order valence-corrected chi connectivity index (χ4v) is 2.75. The van der Waals surface area contributed by atoms with E-state index in [-0.39, 0.29) is 11.0 Å². The Balaban J connectivity index is 3.09. The van der Waals surface area contributed by atoms with Crippen LogP contribution in [0.15, 0.2) is 0 Å². The largest absolute Gasteiger partial charge is 0.278 e. The van der Waals surface area contributed by atoms with E-state index in [1.54, 1.807) is 0 Å². The minimum Gasteiger partial charge on any atom is -0.272 e. The molecule has 0 spiro atoms. The summed E-state index contributed by atoms with van der Waals surface area (Å²) in [6.07, 6.45) is 2.15. The standard InChI is InChI=1S/C8H11Cl3N2O3/c9-5-3-1-2-4-8(5,6(14)12-10)7(15)13(11)16/h5,16H,1-4H2,(H,12,14). The molecule has 0 aromatic rings. The molecule has 16 heavy (non-hydrogen) atoms. The van der Waals surface area contributed by atoms with Crippen LogP contribution in [-0.2, 0) is 9.59 Å². The Morgan fingerprint density at radius 1 is 1.44 bits per heavy atom. The normalized spacial score (nSPS) is 29.6. The van der Waals surface area contributed by atoms with Gasteiger partial charge in [0.2, 0.25) is 0 Å². The van der Waals surface area contributed by atoms with Gasteiger partial charge >= 0.3 is 0 Å². The molecule has 1 aliphatic rings. The number of carbonyl (C=O) groups is 2. The third-order valence-corrected chi connectivity index (χ3v) is 3.77. The average Bonchev–Trinajstić information content (AvgIpc) is 2.28. The molecular formula is C8H11Cl3N2O3. The first-order valence-electron chi connectivity index (χ1n) is 4.71. The minimum absolute atomic E-state index is 0.132. The molecular weight excluding hydrogens is 278 g/mol. The number of hydrogen-bond donors (Lipinski definition) is 2. The van der Waals surface area contributed by atoms with Crippen molar-refractivity contribution in [3.05, 3.63) is 0 Å². The highest BCUT2D eigenvalue weighted by molar-refractivity contribution is 6.32. The van der Waals surface area contributed by atoms with Crippen molar-refractivity contribution in [3.63, 3.8) is 0 Å². The summed E-state index contributed by atoms with van der Waals surface area (Å²) in [4.78, 5) is 25.3. The molecule has 0 aromatic heterocycles. The number of nitrogens with one attached hydrogen (secondary N) is 1. The smallest absolute Gasteiger partial charge is 0.272 e. The Morgan fingerprint density at radius 2 is 2.06 bits per heavy atom. The highest BCUT2D eigenvalue weighted by Crippen LogP contribution is 2.42.